The van der Waals surface area contributed by atoms with Gasteiger partial charge < -0.3 is 4.74 Å². The Hall–Kier alpha value is -2.25. The van der Waals surface area contributed by atoms with E-state index < -0.39 is 29.2 Å². The van der Waals surface area contributed by atoms with E-state index in [-0.39, 0.29) is 11.9 Å². The second kappa shape index (κ2) is 5.27. The number of ether oxygens (including phenoxy) is 1. The van der Waals surface area contributed by atoms with Gasteiger partial charge in [0, 0.05) is 6.07 Å². The van der Waals surface area contributed by atoms with Crippen LogP contribution in [0.5, 0.6) is 11.6 Å². The Morgan fingerprint density at radius 3 is 2.19 bits per heavy atom. The van der Waals surface area contributed by atoms with Crippen LogP contribution in [-0.2, 0) is 12.4 Å². The molecule has 0 saturated heterocycles. The third-order valence-electron chi connectivity index (χ3n) is 2.41. The van der Waals surface area contributed by atoms with E-state index in [1.165, 1.54) is 18.2 Å². The van der Waals surface area contributed by atoms with E-state index in [4.69, 9.17) is 4.74 Å². The van der Waals surface area contributed by atoms with Crippen LogP contribution in [0.3, 0.4) is 0 Å². The van der Waals surface area contributed by atoms with Gasteiger partial charge in [0.05, 0.1) is 17.3 Å². The molecule has 1 heterocycles. The molecule has 0 spiro atoms. The van der Waals surface area contributed by atoms with Gasteiger partial charge in [0.2, 0.25) is 5.88 Å². The van der Waals surface area contributed by atoms with Crippen molar-refractivity contribution in [2.24, 2.45) is 0 Å². The molecule has 0 aliphatic carbocycles. The van der Waals surface area contributed by atoms with Crippen molar-refractivity contribution >= 4 is 0 Å². The Morgan fingerprint density at radius 1 is 0.952 bits per heavy atom. The van der Waals surface area contributed by atoms with E-state index in [0.29, 0.717) is 12.1 Å². The minimum Gasteiger partial charge on any atom is -0.438 e. The fourth-order valence-electron chi connectivity index (χ4n) is 1.50. The maximum absolute atomic E-state index is 12.8. The Bertz CT molecular complexity index is 621. The normalized spacial score (nSPS) is 12.3. The molecule has 0 fully saturated rings. The number of halogens is 6. The zero-order chi connectivity index (χ0) is 15.7. The molecule has 111 valence electrons. The molecule has 0 bridgehead atoms. The molecule has 2 aromatic rings. The molecule has 1 aromatic carbocycles. The van der Waals surface area contributed by atoms with Gasteiger partial charge in [-0.15, -0.1) is 0 Å². The number of benzene rings is 1. The van der Waals surface area contributed by atoms with Gasteiger partial charge in [0.25, 0.3) is 0 Å². The number of rotatable bonds is 2. The molecule has 0 N–H and O–H groups in total. The third-order valence-corrected chi connectivity index (χ3v) is 2.41. The van der Waals surface area contributed by atoms with Crippen molar-refractivity contribution in [2.75, 3.05) is 0 Å². The Labute approximate surface area is 115 Å². The molecule has 0 saturated carbocycles. The Morgan fingerprint density at radius 2 is 1.67 bits per heavy atom. The molecule has 21 heavy (non-hydrogen) atoms. The smallest absolute Gasteiger partial charge is 0.419 e. The van der Waals surface area contributed by atoms with Crippen LogP contribution in [0.4, 0.5) is 26.3 Å². The predicted octanol–water partition coefficient (Wildman–Crippen LogP) is 4.71. The molecule has 2 rings (SSSR count). The molecule has 0 atom stereocenters. The van der Waals surface area contributed by atoms with Crippen LogP contribution in [0.15, 0.2) is 36.4 Å². The van der Waals surface area contributed by atoms with E-state index >= 15 is 0 Å². The summed E-state index contributed by atoms with van der Waals surface area (Å²) in [5.41, 5.74) is -2.56. The summed E-state index contributed by atoms with van der Waals surface area (Å²) in [5, 5.41) is 0. The zero-order valence-corrected chi connectivity index (χ0v) is 10.1. The van der Waals surface area contributed by atoms with Crippen LogP contribution in [0, 0.1) is 6.20 Å². The average Bonchev–Trinajstić information content (AvgIpc) is 2.37. The minimum absolute atomic E-state index is 0.289. The summed E-state index contributed by atoms with van der Waals surface area (Å²) in [4.78, 5) is 3.49. The number of alkyl halides is 6. The highest BCUT2D eigenvalue weighted by Crippen LogP contribution is 2.41. The topological polar surface area (TPSA) is 22.1 Å². The van der Waals surface area contributed by atoms with Crippen molar-refractivity contribution in [3.05, 3.63) is 53.7 Å². The lowest BCUT2D eigenvalue weighted by molar-refractivity contribution is -0.142. The SMILES string of the molecule is FC(F)(F)c1ccc(C(F)(F)F)c(Oc2ccc[c]n2)c1. The lowest BCUT2D eigenvalue weighted by atomic mass is 10.1. The maximum atomic E-state index is 12.8. The lowest BCUT2D eigenvalue weighted by Crippen LogP contribution is -2.11. The quantitative estimate of drug-likeness (QED) is 0.750. The van der Waals surface area contributed by atoms with Gasteiger partial charge in [-0.1, -0.05) is 6.07 Å². The van der Waals surface area contributed by atoms with Gasteiger partial charge in [0.1, 0.15) is 5.75 Å². The van der Waals surface area contributed by atoms with Gasteiger partial charge in [-0.25, -0.2) is 4.98 Å². The second-order valence-electron chi connectivity index (χ2n) is 3.91. The maximum Gasteiger partial charge on any atom is 0.419 e. The van der Waals surface area contributed by atoms with Crippen molar-refractivity contribution in [2.45, 2.75) is 12.4 Å². The van der Waals surface area contributed by atoms with Crippen molar-refractivity contribution in [3.63, 3.8) is 0 Å². The van der Waals surface area contributed by atoms with Gasteiger partial charge >= 0.3 is 12.4 Å². The number of pyridine rings is 1. The number of nitrogens with zero attached hydrogens (tertiary/aromatic N) is 1. The zero-order valence-electron chi connectivity index (χ0n) is 10.1. The Kier molecular flexibility index (Phi) is 3.80. The van der Waals surface area contributed by atoms with Crippen LogP contribution in [0.25, 0.3) is 0 Å². The van der Waals surface area contributed by atoms with Crippen molar-refractivity contribution in [1.29, 1.82) is 0 Å². The highest BCUT2D eigenvalue weighted by molar-refractivity contribution is 5.42. The van der Waals surface area contributed by atoms with Crippen molar-refractivity contribution in [3.8, 4) is 11.6 Å². The summed E-state index contributed by atoms with van der Waals surface area (Å²) in [5.74, 6) is -1.26. The first kappa shape index (κ1) is 15.1. The van der Waals surface area contributed by atoms with Gasteiger partial charge in [-0.05, 0) is 24.3 Å². The molecule has 1 aromatic heterocycles. The van der Waals surface area contributed by atoms with Gasteiger partial charge in [-0.2, -0.15) is 26.3 Å². The molecule has 0 amide bonds. The fourth-order valence-corrected chi connectivity index (χ4v) is 1.50. The highest BCUT2D eigenvalue weighted by atomic mass is 19.4. The molecule has 8 heteroatoms. The molecule has 0 aliphatic rings. The fraction of sp³-hybridized carbons (Fsp3) is 0.154. The number of hydrogen-bond donors (Lipinski definition) is 0. The van der Waals surface area contributed by atoms with E-state index in [0.717, 1.165) is 0 Å². The molecular formula is C13H6F6NO. The van der Waals surface area contributed by atoms with Crippen LogP contribution >= 0.6 is 0 Å². The van der Waals surface area contributed by atoms with E-state index in [1.807, 2.05) is 0 Å². The van der Waals surface area contributed by atoms with Crippen LogP contribution in [0.1, 0.15) is 11.1 Å². The molecule has 2 nitrogen and oxygen atoms in total. The molecule has 0 aliphatic heterocycles. The third kappa shape index (κ3) is 3.65. The summed E-state index contributed by atoms with van der Waals surface area (Å²) in [6, 6.07) is 4.91. The first-order chi connectivity index (χ1) is 9.68. The molecular weight excluding hydrogens is 300 g/mol. The molecule has 1 radical (unpaired) electrons. The van der Waals surface area contributed by atoms with Gasteiger partial charge in [-0.3, -0.25) is 0 Å². The van der Waals surface area contributed by atoms with Crippen molar-refractivity contribution in [1.82, 2.24) is 4.98 Å². The van der Waals surface area contributed by atoms with Crippen LogP contribution < -0.4 is 4.74 Å². The summed E-state index contributed by atoms with van der Waals surface area (Å²) >= 11 is 0. The number of aromatic nitrogens is 1. The van der Waals surface area contributed by atoms with Gasteiger partial charge in [0.15, 0.2) is 0 Å². The largest absolute Gasteiger partial charge is 0.438 e. The second-order valence-corrected chi connectivity index (χ2v) is 3.91. The van der Waals surface area contributed by atoms with E-state index in [2.05, 4.69) is 11.2 Å². The van der Waals surface area contributed by atoms with E-state index in [9.17, 15) is 26.3 Å². The van der Waals surface area contributed by atoms with E-state index in [1.54, 1.807) is 0 Å². The van der Waals surface area contributed by atoms with Crippen LogP contribution in [-0.4, -0.2) is 4.98 Å². The highest BCUT2D eigenvalue weighted by Gasteiger charge is 2.38. The summed E-state index contributed by atoms with van der Waals surface area (Å²) in [6.07, 6.45) is -7.32. The Balaban J connectivity index is 2.49. The monoisotopic (exact) mass is 306 g/mol. The lowest BCUT2D eigenvalue weighted by Gasteiger charge is -2.15. The first-order valence-corrected chi connectivity index (χ1v) is 5.47. The summed E-state index contributed by atoms with van der Waals surface area (Å²) in [6.45, 7) is 0. The first-order valence-electron chi connectivity index (χ1n) is 5.47. The average molecular weight is 306 g/mol. The van der Waals surface area contributed by atoms with Crippen LogP contribution in [0.2, 0.25) is 0 Å². The standard InChI is InChI=1S/C13H6F6NO/c14-12(15,16)8-4-5-9(13(17,18)19)10(7-8)21-11-3-1-2-6-20-11/h1-5,7H. The summed E-state index contributed by atoms with van der Waals surface area (Å²) in [7, 11) is 0. The number of hydrogen-bond acceptors (Lipinski definition) is 2. The minimum atomic E-state index is -4.85. The summed E-state index contributed by atoms with van der Waals surface area (Å²) < 4.78 is 80.9. The predicted molar refractivity (Wildman–Crippen MR) is 59.6 cm³/mol. The van der Waals surface area contributed by atoms with Crippen molar-refractivity contribution < 1.29 is 31.1 Å². The molecule has 0 unspecified atom stereocenters.